The molecule has 60 nitrogen and oxygen atoms in total. The standard InChI is InChI=1S/C74H123N7O53/c1-17(91)76-34-46(104)56(28(12-87)117-64(34)81-22(65(114)115)6-33(75)96)127-68-37(79-20(4)94)48(106)58(30(14-89)123-68)130-73-55(113)62(60(131-66-35(77-18(2)92)44(102)39(97)23(7-82)118-66)32(126-73)16-116-70-54(112)61(43(101)27(11-86)120-70)132-72-52(110)50(108)42(100)26(10-85)122-72)133-74-63(134-67-36(78-19(3)93)45(103)40(98)24(8-83)119-67)53(111)59(31(15-90)125-74)128-69-38(80-21(5)95)47(105)57(29(13-88)124-69)129-71-51(109)49(107)41(99)25(9-84)121-71/h22-32,34-64,66-74,81-90,97-113H,6-16H2,1-5H3,(H2,75,96)(H,76,91)(H,77,92)(H,78,93)(H,79,94)(H,80,95)(H,114,115)/t22-,23+,24+,25+,26+,27+,28+,29+,30+,31+,32+,34+,35+,36+,37+,38+,39+,40+,41-,42+,43+,44+,45+,46+,47+,48+,49-,50-,51+,52-,53-,54-,55-,56+,57+,58+,59+,60+,61-,62+,63-,64+,66-,67-,68-,69-,70-,71-,72+,73-,74+/m0/s1. The van der Waals surface area contributed by atoms with Crippen molar-refractivity contribution in [2.75, 3.05) is 66.1 Å². The van der Waals surface area contributed by atoms with E-state index in [9.17, 15) is 171 Å². The molecule has 0 aromatic carbocycles. The van der Waals surface area contributed by atoms with Crippen molar-refractivity contribution in [2.24, 2.45) is 5.73 Å². The molecule has 772 valence electrons. The molecule has 10 fully saturated rings. The van der Waals surface area contributed by atoms with E-state index in [4.69, 9.17) is 95.7 Å². The molecule has 0 bridgehead atoms. The molecule has 0 aromatic rings. The lowest BCUT2D eigenvalue weighted by atomic mass is 9.93. The number of hydrogen-bond donors (Lipinski definition) is 34. The highest BCUT2D eigenvalue weighted by atomic mass is 16.8. The Kier molecular flexibility index (Phi) is 40.2. The smallest absolute Gasteiger partial charge is 0.321 e. The molecule has 10 heterocycles. The van der Waals surface area contributed by atoms with Crippen LogP contribution in [0.2, 0.25) is 0 Å². The lowest BCUT2D eigenvalue weighted by molar-refractivity contribution is -0.412. The number of hydrogen-bond acceptors (Lipinski definition) is 53. The van der Waals surface area contributed by atoms with Crippen molar-refractivity contribution in [2.45, 2.75) is 354 Å². The molecule has 0 aliphatic carbocycles. The Morgan fingerprint density at radius 1 is 0.261 bits per heavy atom. The first-order valence-corrected chi connectivity index (χ1v) is 42.4. The molecule has 10 aliphatic rings. The van der Waals surface area contributed by atoms with Crippen LogP contribution in [0.15, 0.2) is 0 Å². The van der Waals surface area contributed by atoms with Crippen LogP contribution in [0.4, 0.5) is 0 Å². The van der Waals surface area contributed by atoms with Gasteiger partial charge >= 0.3 is 5.97 Å². The SMILES string of the molecule is CC(=O)N[C@@H]1[C@@H](O)[C@H](O[C@@H]2O[C@H](CO)[C@@H](O[C@@H]3O[C@H](CO[C@H]4O[C@H](CO)[C@@H](O)[C@H](O[C@H]5O[C@H](CO)[C@@H](O)[C@H](O)[C@@H]5O)[C@@H]4O)[C@@H](O[C@@H]4O[C@H](CO)[C@@H](O)[C@H](O)[C@H]4NC(C)=O)[C@H](O[C@H]4O[C@H](CO)[C@@H](O[C@@H]5O[C@H](CO)[C@@H](O[C@@H]6O[C@H](CO)[C@H](O)[C@H](O)[C@H]6O)[C@H](O)[C@H]5NC(C)=O)[C@H](O)[C@@H]4O[C@@H]4O[C@H](CO)[C@@H](O)[C@H](O)[C@H]4NC(C)=O)[C@@H]3O)[C@H](O)[C@H]2NC(C)=O)[C@@H](CO)O[C@H]1N[C@@H](CC(N)=O)C(=O)O. The molecule has 0 saturated carbocycles. The molecule has 10 aliphatic heterocycles. The van der Waals surface area contributed by atoms with Gasteiger partial charge < -0.3 is 260 Å². The first-order valence-electron chi connectivity index (χ1n) is 42.4. The quantitative estimate of drug-likeness (QED) is 0.0273. The lowest BCUT2D eigenvalue weighted by Crippen LogP contribution is -2.72. The zero-order valence-electron chi connectivity index (χ0n) is 72.0. The molecule has 51 atom stereocenters. The van der Waals surface area contributed by atoms with Gasteiger partial charge in [0, 0.05) is 34.6 Å². The third-order valence-corrected chi connectivity index (χ3v) is 24.0. The zero-order valence-corrected chi connectivity index (χ0v) is 72.0. The van der Waals surface area contributed by atoms with Crippen molar-refractivity contribution in [1.82, 2.24) is 31.9 Å². The lowest BCUT2D eigenvalue weighted by Gasteiger charge is -2.53. The molecule has 0 radical (unpaired) electrons. The van der Waals surface area contributed by atoms with E-state index in [-0.39, 0.29) is 0 Å². The van der Waals surface area contributed by atoms with E-state index in [0.29, 0.717) is 0 Å². The second-order valence-electron chi connectivity index (χ2n) is 33.5. The van der Waals surface area contributed by atoms with Crippen molar-refractivity contribution in [3.05, 3.63) is 0 Å². The molecule has 10 saturated heterocycles. The number of carbonyl (C=O) groups is 7. The minimum Gasteiger partial charge on any atom is -0.480 e. The van der Waals surface area contributed by atoms with Gasteiger partial charge in [0.05, 0.1) is 78.5 Å². The summed E-state index contributed by atoms with van der Waals surface area (Å²) in [5.41, 5.74) is 5.29. The van der Waals surface area contributed by atoms with E-state index in [1.54, 1.807) is 0 Å². The van der Waals surface area contributed by atoms with Crippen LogP contribution < -0.4 is 37.6 Å². The molecule has 60 heteroatoms. The summed E-state index contributed by atoms with van der Waals surface area (Å²) in [6, 6.07) is -12.0. The number of aliphatic hydroxyl groups is 26. The number of nitrogens with one attached hydrogen (secondary N) is 6. The Morgan fingerprint density at radius 2 is 0.530 bits per heavy atom. The van der Waals surface area contributed by atoms with E-state index in [1.807, 2.05) is 0 Å². The number of nitrogens with two attached hydrogens (primary N) is 1. The maximum absolute atomic E-state index is 13.6. The highest BCUT2D eigenvalue weighted by Crippen LogP contribution is 2.42. The fourth-order valence-electron chi connectivity index (χ4n) is 17.1. The predicted octanol–water partition coefficient (Wildman–Crippen LogP) is -23.2. The summed E-state index contributed by atoms with van der Waals surface area (Å²) in [5, 5.41) is 320. The summed E-state index contributed by atoms with van der Waals surface area (Å²) in [4.78, 5) is 90.1. The Balaban J connectivity index is 1.11. The number of ether oxygens (including phenoxy) is 19. The number of aliphatic hydroxyl groups excluding tert-OH is 26. The van der Waals surface area contributed by atoms with Gasteiger partial charge in [-0.05, 0) is 0 Å². The minimum atomic E-state index is -2.86. The van der Waals surface area contributed by atoms with Crippen LogP contribution >= 0.6 is 0 Å². The van der Waals surface area contributed by atoms with E-state index in [2.05, 4.69) is 31.9 Å². The van der Waals surface area contributed by atoms with Gasteiger partial charge in [0.25, 0.3) is 0 Å². The van der Waals surface area contributed by atoms with Crippen LogP contribution in [0, 0.1) is 0 Å². The van der Waals surface area contributed by atoms with E-state index in [0.717, 1.165) is 34.6 Å². The highest BCUT2D eigenvalue weighted by Gasteiger charge is 2.63. The Hall–Kier alpha value is -5.55. The maximum Gasteiger partial charge on any atom is 0.321 e. The average Bonchev–Trinajstić information content (AvgIpc) is 0.759. The summed E-state index contributed by atoms with van der Waals surface area (Å²) in [7, 11) is 0. The van der Waals surface area contributed by atoms with Crippen molar-refractivity contribution < 1.29 is 261 Å². The fraction of sp³-hybridized carbons (Fsp3) is 0.905. The van der Waals surface area contributed by atoms with Crippen molar-refractivity contribution in [1.29, 1.82) is 0 Å². The molecule has 10 rings (SSSR count). The Bertz CT molecular complexity index is 3760. The Labute approximate surface area is 758 Å². The summed E-state index contributed by atoms with van der Waals surface area (Å²) >= 11 is 0. The number of carbonyl (C=O) groups excluding carboxylic acids is 6. The summed E-state index contributed by atoms with van der Waals surface area (Å²) in [5.74, 6) is -7.90. The third-order valence-electron chi connectivity index (χ3n) is 24.0. The molecule has 6 amide bonds. The van der Waals surface area contributed by atoms with E-state index < -0.39 is 427 Å². The molecule has 0 spiro atoms. The predicted molar refractivity (Wildman–Crippen MR) is 414 cm³/mol. The van der Waals surface area contributed by atoms with Gasteiger partial charge in [-0.2, -0.15) is 0 Å². The second-order valence-corrected chi connectivity index (χ2v) is 33.5. The van der Waals surface area contributed by atoms with Gasteiger partial charge in [0.15, 0.2) is 56.6 Å². The van der Waals surface area contributed by atoms with Crippen molar-refractivity contribution in [3.8, 4) is 0 Å². The van der Waals surface area contributed by atoms with Crippen LogP contribution in [0.5, 0.6) is 0 Å². The third kappa shape index (κ3) is 25.1. The van der Waals surface area contributed by atoms with Gasteiger partial charge in [-0.1, -0.05) is 0 Å². The molecule has 134 heavy (non-hydrogen) atoms. The normalized spacial score (nSPS) is 46.4. The Morgan fingerprint density at radius 3 is 0.910 bits per heavy atom. The molecule has 35 N–H and O–H groups in total. The van der Waals surface area contributed by atoms with Crippen LogP contribution in [-0.2, 0) is 124 Å². The molecule has 0 unspecified atom stereocenters. The zero-order chi connectivity index (χ0) is 98.9. The van der Waals surface area contributed by atoms with Gasteiger partial charge in [0.2, 0.25) is 35.4 Å². The van der Waals surface area contributed by atoms with E-state index in [1.165, 1.54) is 0 Å². The summed E-state index contributed by atoms with van der Waals surface area (Å²) < 4.78 is 116. The van der Waals surface area contributed by atoms with Gasteiger partial charge in [-0.3, -0.25) is 38.9 Å². The summed E-state index contributed by atoms with van der Waals surface area (Å²) in [6.45, 7) is -7.73. The number of amides is 6. The maximum atomic E-state index is 13.6. The van der Waals surface area contributed by atoms with Gasteiger partial charge in [-0.15, -0.1) is 0 Å². The number of carboxylic acid groups (broad SMARTS) is 1. The average molecular weight is 1960 g/mol. The fourth-order valence-corrected chi connectivity index (χ4v) is 17.1. The number of carboxylic acids is 1. The van der Waals surface area contributed by atoms with Crippen molar-refractivity contribution >= 4 is 41.4 Å². The number of aliphatic carboxylic acids is 1. The van der Waals surface area contributed by atoms with Crippen LogP contribution in [0.25, 0.3) is 0 Å². The second kappa shape index (κ2) is 48.8. The van der Waals surface area contributed by atoms with Crippen LogP contribution in [0.3, 0.4) is 0 Å². The van der Waals surface area contributed by atoms with Gasteiger partial charge in [0.1, 0.15) is 250 Å². The largest absolute Gasteiger partial charge is 0.480 e. The van der Waals surface area contributed by atoms with Crippen LogP contribution in [-0.4, -0.2) is 558 Å². The first kappa shape index (κ1) is 110. The number of rotatable bonds is 38. The van der Waals surface area contributed by atoms with Crippen molar-refractivity contribution in [3.63, 3.8) is 0 Å². The summed E-state index contributed by atoms with van der Waals surface area (Å²) in [6.07, 6.45) is -101. The molecule has 0 aromatic heterocycles. The first-order chi connectivity index (χ1) is 63.3. The van der Waals surface area contributed by atoms with Gasteiger partial charge in [-0.25, -0.2) is 0 Å². The number of primary amides is 1. The molecular formula is C74H123N7O53. The highest BCUT2D eigenvalue weighted by molar-refractivity contribution is 5.83. The van der Waals surface area contributed by atoms with Crippen LogP contribution in [0.1, 0.15) is 41.0 Å². The monoisotopic (exact) mass is 1960 g/mol. The topological polar surface area (TPSA) is 939 Å². The minimum absolute atomic E-state index is 0.872. The molecular weight excluding hydrogens is 1830 g/mol. The van der Waals surface area contributed by atoms with E-state index >= 15 is 0 Å².